The Balaban J connectivity index is 2.18. The number of rotatable bonds is 8. The lowest BCUT2D eigenvalue weighted by atomic mass is 10.1. The zero-order chi connectivity index (χ0) is 22.7. The van der Waals surface area contributed by atoms with E-state index in [1.165, 1.54) is 49.8 Å². The van der Waals surface area contributed by atoms with E-state index in [0.717, 1.165) is 5.56 Å². The molecular formula is C23H26O8. The minimum Gasteiger partial charge on any atom is -0.493 e. The highest BCUT2D eigenvalue weighted by Gasteiger charge is 2.33. The van der Waals surface area contributed by atoms with Crippen LogP contribution in [0.4, 0.5) is 0 Å². The maximum absolute atomic E-state index is 13.2. The first kappa shape index (κ1) is 22.1. The van der Waals surface area contributed by atoms with Crippen molar-refractivity contribution in [3.8, 4) is 40.2 Å². The average Bonchev–Trinajstić information content (AvgIpc) is 3.11. The van der Waals surface area contributed by atoms with E-state index in [9.17, 15) is 4.79 Å². The molecule has 0 radical (unpaired) electrons. The normalized spacial score (nSPS) is 13.6. The summed E-state index contributed by atoms with van der Waals surface area (Å²) in [5.74, 6) is 2.88. The zero-order valence-electron chi connectivity index (χ0n) is 18.7. The molecule has 8 heteroatoms. The summed E-state index contributed by atoms with van der Waals surface area (Å²) in [7, 11) is 10.7. The van der Waals surface area contributed by atoms with Crippen molar-refractivity contribution >= 4 is 11.9 Å². The van der Waals surface area contributed by atoms with Gasteiger partial charge in [-0.2, -0.15) is 0 Å². The lowest BCUT2D eigenvalue weighted by Crippen LogP contribution is -2.01. The molecule has 3 rings (SSSR count). The van der Waals surface area contributed by atoms with Crippen molar-refractivity contribution in [1.82, 2.24) is 0 Å². The minimum absolute atomic E-state index is 0.134. The van der Waals surface area contributed by atoms with Gasteiger partial charge in [-0.1, -0.05) is 0 Å². The van der Waals surface area contributed by atoms with Gasteiger partial charge in [-0.05, 0) is 18.2 Å². The second kappa shape index (κ2) is 9.07. The minimum atomic E-state index is -0.134. The number of hydrogen-bond acceptors (Lipinski definition) is 8. The van der Waals surface area contributed by atoms with Gasteiger partial charge in [-0.3, -0.25) is 4.79 Å². The first-order chi connectivity index (χ1) is 15.0. The van der Waals surface area contributed by atoms with Gasteiger partial charge in [0.15, 0.2) is 28.8 Å². The Kier molecular flexibility index (Phi) is 6.48. The highest BCUT2D eigenvalue weighted by Crippen LogP contribution is 2.49. The van der Waals surface area contributed by atoms with Crippen molar-refractivity contribution < 1.29 is 38.0 Å². The van der Waals surface area contributed by atoms with Crippen LogP contribution in [-0.2, 0) is 6.42 Å². The number of methoxy groups -OCH3 is 7. The molecule has 0 saturated heterocycles. The molecule has 0 aliphatic heterocycles. The van der Waals surface area contributed by atoms with E-state index >= 15 is 0 Å². The number of allylic oxidation sites excluding steroid dienone is 1. The molecule has 166 valence electrons. The molecule has 2 aromatic rings. The van der Waals surface area contributed by atoms with Gasteiger partial charge >= 0.3 is 0 Å². The van der Waals surface area contributed by atoms with Crippen LogP contribution in [0, 0.1) is 0 Å². The van der Waals surface area contributed by atoms with Crippen molar-refractivity contribution in [2.24, 2.45) is 0 Å². The highest BCUT2D eigenvalue weighted by atomic mass is 16.5. The van der Waals surface area contributed by atoms with Gasteiger partial charge in [0, 0.05) is 28.7 Å². The Morgan fingerprint density at radius 1 is 0.645 bits per heavy atom. The summed E-state index contributed by atoms with van der Waals surface area (Å²) in [5.41, 5.74) is 2.41. The molecule has 0 aromatic heterocycles. The third-order valence-electron chi connectivity index (χ3n) is 5.18. The summed E-state index contributed by atoms with van der Waals surface area (Å²) in [4.78, 5) is 13.2. The van der Waals surface area contributed by atoms with E-state index in [4.69, 9.17) is 33.2 Å². The van der Waals surface area contributed by atoms with Gasteiger partial charge in [0.25, 0.3) is 0 Å². The fourth-order valence-corrected chi connectivity index (χ4v) is 3.81. The number of hydrogen-bond donors (Lipinski definition) is 0. The molecular weight excluding hydrogens is 404 g/mol. The third kappa shape index (κ3) is 3.58. The van der Waals surface area contributed by atoms with Crippen molar-refractivity contribution in [2.75, 3.05) is 49.8 Å². The van der Waals surface area contributed by atoms with Crippen molar-refractivity contribution in [2.45, 2.75) is 6.42 Å². The molecule has 0 saturated carbocycles. The molecule has 0 spiro atoms. The van der Waals surface area contributed by atoms with Crippen LogP contribution < -0.4 is 33.2 Å². The van der Waals surface area contributed by atoms with E-state index in [1.54, 1.807) is 18.2 Å². The summed E-state index contributed by atoms with van der Waals surface area (Å²) < 4.78 is 38.3. The second-order valence-corrected chi connectivity index (χ2v) is 6.61. The molecule has 0 unspecified atom stereocenters. The Hall–Kier alpha value is -3.55. The van der Waals surface area contributed by atoms with Crippen LogP contribution in [0.5, 0.6) is 40.2 Å². The Morgan fingerprint density at radius 3 is 1.68 bits per heavy atom. The third-order valence-corrected chi connectivity index (χ3v) is 5.18. The van der Waals surface area contributed by atoms with Gasteiger partial charge in [0.2, 0.25) is 17.2 Å². The van der Waals surface area contributed by atoms with Crippen molar-refractivity contribution in [1.29, 1.82) is 0 Å². The molecule has 31 heavy (non-hydrogen) atoms. The number of benzene rings is 2. The second-order valence-electron chi connectivity index (χ2n) is 6.61. The number of carbonyl (C=O) groups is 1. The van der Waals surface area contributed by atoms with Crippen molar-refractivity contribution in [3.05, 3.63) is 34.4 Å². The van der Waals surface area contributed by atoms with Crippen LogP contribution in [0.2, 0.25) is 0 Å². The summed E-state index contributed by atoms with van der Waals surface area (Å²) in [6.45, 7) is 0. The summed E-state index contributed by atoms with van der Waals surface area (Å²) >= 11 is 0. The van der Waals surface area contributed by atoms with Crippen molar-refractivity contribution in [3.63, 3.8) is 0 Å². The molecule has 0 heterocycles. The lowest BCUT2D eigenvalue weighted by Gasteiger charge is -2.17. The molecule has 0 atom stereocenters. The molecule has 8 nitrogen and oxygen atoms in total. The fraction of sp³-hybridized carbons (Fsp3) is 0.348. The topological polar surface area (TPSA) is 81.7 Å². The molecule has 2 aromatic carbocycles. The van der Waals surface area contributed by atoms with Crippen LogP contribution in [0.3, 0.4) is 0 Å². The molecule has 0 fully saturated rings. The standard InChI is InChI=1S/C23H26O8/c1-25-16-10-13(19(27-3)23(31-7)22(16)30-6)8-12-9-15-14(18(12)24)11-17(26-2)21(29-5)20(15)28-4/h8,10-11H,9H2,1-7H3/b12-8+. The molecule has 1 aliphatic rings. The van der Waals surface area contributed by atoms with Gasteiger partial charge in [-0.15, -0.1) is 0 Å². The van der Waals surface area contributed by atoms with Gasteiger partial charge < -0.3 is 33.2 Å². The number of Topliss-reactive ketones (excluding diaryl/α,β-unsaturated/α-hetero) is 1. The summed E-state index contributed by atoms with van der Waals surface area (Å²) in [6, 6.07) is 3.41. The van der Waals surface area contributed by atoms with E-state index in [-0.39, 0.29) is 5.78 Å². The van der Waals surface area contributed by atoms with Gasteiger partial charge in [-0.25, -0.2) is 0 Å². The van der Waals surface area contributed by atoms with E-state index in [0.29, 0.717) is 63.4 Å². The maximum Gasteiger partial charge on any atom is 0.207 e. The van der Waals surface area contributed by atoms with Crippen LogP contribution >= 0.6 is 0 Å². The molecule has 0 N–H and O–H groups in total. The zero-order valence-corrected chi connectivity index (χ0v) is 18.7. The van der Waals surface area contributed by atoms with E-state index in [1.807, 2.05) is 0 Å². The Labute approximate surface area is 181 Å². The smallest absolute Gasteiger partial charge is 0.207 e. The first-order valence-electron chi connectivity index (χ1n) is 9.43. The molecule has 1 aliphatic carbocycles. The summed E-state index contributed by atoms with van der Waals surface area (Å²) in [5, 5.41) is 0. The Morgan fingerprint density at radius 2 is 1.16 bits per heavy atom. The van der Waals surface area contributed by atoms with E-state index in [2.05, 4.69) is 0 Å². The first-order valence-corrected chi connectivity index (χ1v) is 9.43. The number of ketones is 1. The quantitative estimate of drug-likeness (QED) is 0.588. The lowest BCUT2D eigenvalue weighted by molar-refractivity contribution is 0.104. The SMILES string of the molecule is COc1cc2c(c(OC)c1OC)C/C(=C\c1cc(OC)c(OC)c(OC)c1OC)C2=O. The fourth-order valence-electron chi connectivity index (χ4n) is 3.81. The monoisotopic (exact) mass is 430 g/mol. The van der Waals surface area contributed by atoms with Gasteiger partial charge in [0.1, 0.15) is 0 Å². The van der Waals surface area contributed by atoms with Gasteiger partial charge in [0.05, 0.1) is 49.8 Å². The predicted octanol–water partition coefficient (Wildman–Crippen LogP) is 3.57. The Bertz CT molecular complexity index is 1040. The van der Waals surface area contributed by atoms with Crippen LogP contribution in [-0.4, -0.2) is 55.6 Å². The molecule has 0 bridgehead atoms. The van der Waals surface area contributed by atoms with Crippen LogP contribution in [0.15, 0.2) is 17.7 Å². The maximum atomic E-state index is 13.2. The van der Waals surface area contributed by atoms with Crippen LogP contribution in [0.25, 0.3) is 6.08 Å². The number of carbonyl (C=O) groups excluding carboxylic acids is 1. The predicted molar refractivity (Wildman–Crippen MR) is 115 cm³/mol. The van der Waals surface area contributed by atoms with Crippen LogP contribution in [0.1, 0.15) is 21.5 Å². The average molecular weight is 430 g/mol. The summed E-state index contributed by atoms with van der Waals surface area (Å²) in [6.07, 6.45) is 2.11. The highest BCUT2D eigenvalue weighted by molar-refractivity contribution is 6.16. The number of fused-ring (bicyclic) bond motifs is 1. The largest absolute Gasteiger partial charge is 0.493 e. The number of ether oxygens (including phenoxy) is 7. The molecule has 0 amide bonds. The van der Waals surface area contributed by atoms with E-state index < -0.39 is 0 Å².